The lowest BCUT2D eigenvalue weighted by Gasteiger charge is -2.31. The highest BCUT2D eigenvalue weighted by Gasteiger charge is 2.15. The van der Waals surface area contributed by atoms with Crippen LogP contribution in [0.3, 0.4) is 0 Å². The average molecular weight is 266 g/mol. The van der Waals surface area contributed by atoms with Gasteiger partial charge in [-0.15, -0.1) is 0 Å². The minimum absolute atomic E-state index is 0.632. The van der Waals surface area contributed by atoms with E-state index >= 15 is 0 Å². The standard InChI is InChI=1S/C18H22N2/c19-14-17-8-2-1-6-15(17)11-13-20-12-5-9-16-7-3-4-10-18(16)20/h1-4,6-8,10H,5,9,11-14,19H2. The summed E-state index contributed by atoms with van der Waals surface area (Å²) < 4.78 is 0. The number of hydrogen-bond donors (Lipinski definition) is 1. The molecule has 0 atom stereocenters. The second-order valence-electron chi connectivity index (χ2n) is 5.44. The molecule has 0 saturated heterocycles. The Balaban J connectivity index is 1.73. The van der Waals surface area contributed by atoms with E-state index in [1.165, 1.54) is 41.8 Å². The summed E-state index contributed by atoms with van der Waals surface area (Å²) in [6.45, 7) is 2.88. The van der Waals surface area contributed by atoms with E-state index in [4.69, 9.17) is 5.73 Å². The molecular weight excluding hydrogens is 244 g/mol. The molecule has 20 heavy (non-hydrogen) atoms. The molecule has 0 unspecified atom stereocenters. The maximum Gasteiger partial charge on any atom is 0.0398 e. The molecule has 2 heteroatoms. The molecule has 0 spiro atoms. The van der Waals surface area contributed by atoms with Crippen LogP contribution in [0.5, 0.6) is 0 Å². The Labute approximate surface area is 121 Å². The summed E-state index contributed by atoms with van der Waals surface area (Å²) in [5.41, 5.74) is 11.4. The van der Waals surface area contributed by atoms with Crippen molar-refractivity contribution in [1.29, 1.82) is 0 Å². The minimum Gasteiger partial charge on any atom is -0.371 e. The molecule has 0 saturated carbocycles. The first kappa shape index (κ1) is 13.2. The molecule has 1 aliphatic rings. The molecule has 0 fully saturated rings. The van der Waals surface area contributed by atoms with Gasteiger partial charge in [-0.2, -0.15) is 0 Å². The molecule has 1 aliphatic heterocycles. The highest BCUT2D eigenvalue weighted by Crippen LogP contribution is 2.26. The summed E-state index contributed by atoms with van der Waals surface area (Å²) >= 11 is 0. The van der Waals surface area contributed by atoms with Crippen LogP contribution in [0.4, 0.5) is 5.69 Å². The van der Waals surface area contributed by atoms with Gasteiger partial charge in [-0.05, 0) is 42.0 Å². The molecule has 3 rings (SSSR count). The Kier molecular flexibility index (Phi) is 4.03. The molecule has 2 aromatic carbocycles. The number of benzene rings is 2. The Hall–Kier alpha value is -1.80. The van der Waals surface area contributed by atoms with Crippen molar-refractivity contribution >= 4 is 5.69 Å². The normalized spacial score (nSPS) is 14.2. The predicted molar refractivity (Wildman–Crippen MR) is 85.0 cm³/mol. The molecule has 0 radical (unpaired) electrons. The van der Waals surface area contributed by atoms with E-state index in [-0.39, 0.29) is 0 Å². The molecule has 0 aromatic heterocycles. The number of para-hydroxylation sites is 1. The fraction of sp³-hybridized carbons (Fsp3) is 0.333. The van der Waals surface area contributed by atoms with Gasteiger partial charge in [0.25, 0.3) is 0 Å². The second-order valence-corrected chi connectivity index (χ2v) is 5.44. The van der Waals surface area contributed by atoms with Gasteiger partial charge in [-0.1, -0.05) is 42.5 Å². The zero-order valence-corrected chi connectivity index (χ0v) is 11.9. The molecule has 0 amide bonds. The van der Waals surface area contributed by atoms with Crippen molar-refractivity contribution < 1.29 is 0 Å². The van der Waals surface area contributed by atoms with Crippen molar-refractivity contribution in [3.05, 3.63) is 65.2 Å². The summed E-state index contributed by atoms with van der Waals surface area (Å²) in [6.07, 6.45) is 3.54. The van der Waals surface area contributed by atoms with E-state index in [0.29, 0.717) is 6.54 Å². The van der Waals surface area contributed by atoms with Crippen LogP contribution in [-0.4, -0.2) is 13.1 Å². The van der Waals surface area contributed by atoms with Gasteiger partial charge in [0.15, 0.2) is 0 Å². The lowest BCUT2D eigenvalue weighted by molar-refractivity contribution is 0.686. The van der Waals surface area contributed by atoms with Crippen LogP contribution >= 0.6 is 0 Å². The maximum absolute atomic E-state index is 5.82. The molecule has 2 N–H and O–H groups in total. The highest BCUT2D eigenvalue weighted by atomic mass is 15.1. The quantitative estimate of drug-likeness (QED) is 0.921. The van der Waals surface area contributed by atoms with E-state index in [1.54, 1.807) is 0 Å². The van der Waals surface area contributed by atoms with E-state index in [0.717, 1.165) is 13.0 Å². The molecule has 104 valence electrons. The fourth-order valence-electron chi connectivity index (χ4n) is 3.10. The van der Waals surface area contributed by atoms with E-state index in [2.05, 4.69) is 53.4 Å². The van der Waals surface area contributed by atoms with Gasteiger partial charge in [0.2, 0.25) is 0 Å². The SMILES string of the molecule is NCc1ccccc1CCN1CCCc2ccccc21. The zero-order chi connectivity index (χ0) is 13.8. The summed E-state index contributed by atoms with van der Waals surface area (Å²) in [4.78, 5) is 2.52. The van der Waals surface area contributed by atoms with Gasteiger partial charge in [0.1, 0.15) is 0 Å². The van der Waals surface area contributed by atoms with Crippen molar-refractivity contribution in [2.24, 2.45) is 5.73 Å². The van der Waals surface area contributed by atoms with Gasteiger partial charge >= 0.3 is 0 Å². The van der Waals surface area contributed by atoms with Crippen molar-refractivity contribution in [1.82, 2.24) is 0 Å². The predicted octanol–water partition coefficient (Wildman–Crippen LogP) is 3.14. The molecular formula is C18H22N2. The Morgan fingerprint density at radius 2 is 1.70 bits per heavy atom. The van der Waals surface area contributed by atoms with Crippen LogP contribution in [0.2, 0.25) is 0 Å². The number of hydrogen-bond acceptors (Lipinski definition) is 2. The molecule has 0 bridgehead atoms. The van der Waals surface area contributed by atoms with Crippen molar-refractivity contribution in [3.63, 3.8) is 0 Å². The number of nitrogens with two attached hydrogens (primary N) is 1. The summed E-state index contributed by atoms with van der Waals surface area (Å²) in [7, 11) is 0. The van der Waals surface area contributed by atoms with Crippen molar-refractivity contribution in [3.8, 4) is 0 Å². The summed E-state index contributed by atoms with van der Waals surface area (Å²) in [6, 6.07) is 17.3. The first-order valence-corrected chi connectivity index (χ1v) is 7.48. The van der Waals surface area contributed by atoms with Crippen LogP contribution in [0.1, 0.15) is 23.1 Å². The van der Waals surface area contributed by atoms with Crippen LogP contribution in [-0.2, 0) is 19.4 Å². The van der Waals surface area contributed by atoms with Crippen molar-refractivity contribution in [2.75, 3.05) is 18.0 Å². The minimum atomic E-state index is 0.632. The first-order chi connectivity index (χ1) is 9.88. The van der Waals surface area contributed by atoms with E-state index in [9.17, 15) is 0 Å². The summed E-state index contributed by atoms with van der Waals surface area (Å²) in [5, 5.41) is 0. The fourth-order valence-corrected chi connectivity index (χ4v) is 3.10. The lowest BCUT2D eigenvalue weighted by atomic mass is 10.00. The third-order valence-electron chi connectivity index (χ3n) is 4.20. The van der Waals surface area contributed by atoms with Gasteiger partial charge in [-0.3, -0.25) is 0 Å². The second kappa shape index (κ2) is 6.10. The van der Waals surface area contributed by atoms with Crippen LogP contribution in [0.15, 0.2) is 48.5 Å². The number of fused-ring (bicyclic) bond motifs is 1. The Bertz CT molecular complexity index is 577. The van der Waals surface area contributed by atoms with Crippen LogP contribution in [0.25, 0.3) is 0 Å². The molecule has 1 heterocycles. The number of anilines is 1. The van der Waals surface area contributed by atoms with Crippen LogP contribution < -0.4 is 10.6 Å². The monoisotopic (exact) mass is 266 g/mol. The highest BCUT2D eigenvalue weighted by molar-refractivity contribution is 5.55. The number of nitrogens with zero attached hydrogens (tertiary/aromatic N) is 1. The molecule has 0 aliphatic carbocycles. The molecule has 2 aromatic rings. The smallest absolute Gasteiger partial charge is 0.0398 e. The van der Waals surface area contributed by atoms with Gasteiger partial charge < -0.3 is 10.6 Å². The van der Waals surface area contributed by atoms with E-state index in [1.807, 2.05) is 0 Å². The zero-order valence-electron chi connectivity index (χ0n) is 11.9. The van der Waals surface area contributed by atoms with Crippen LogP contribution in [0, 0.1) is 0 Å². The molecule has 2 nitrogen and oxygen atoms in total. The Morgan fingerprint density at radius 3 is 2.55 bits per heavy atom. The number of rotatable bonds is 4. The average Bonchev–Trinajstić information content (AvgIpc) is 2.53. The van der Waals surface area contributed by atoms with E-state index < -0.39 is 0 Å². The number of aryl methyl sites for hydroxylation is 1. The first-order valence-electron chi connectivity index (χ1n) is 7.48. The lowest BCUT2D eigenvalue weighted by Crippen LogP contribution is -2.31. The topological polar surface area (TPSA) is 29.3 Å². The third kappa shape index (κ3) is 2.70. The van der Waals surface area contributed by atoms with Gasteiger partial charge in [-0.25, -0.2) is 0 Å². The largest absolute Gasteiger partial charge is 0.371 e. The third-order valence-corrected chi connectivity index (χ3v) is 4.20. The van der Waals surface area contributed by atoms with Gasteiger partial charge in [0.05, 0.1) is 0 Å². The summed E-state index contributed by atoms with van der Waals surface area (Å²) in [5.74, 6) is 0. The van der Waals surface area contributed by atoms with Gasteiger partial charge in [0, 0.05) is 25.3 Å². The Morgan fingerprint density at radius 1 is 0.950 bits per heavy atom. The van der Waals surface area contributed by atoms with Crippen molar-refractivity contribution in [2.45, 2.75) is 25.8 Å². The maximum atomic E-state index is 5.82.